The van der Waals surface area contributed by atoms with E-state index in [-0.39, 0.29) is 11.4 Å². The molecule has 1 aliphatic carbocycles. The Morgan fingerprint density at radius 1 is 1.50 bits per heavy atom. The molecule has 0 radical (unpaired) electrons. The van der Waals surface area contributed by atoms with Crippen LogP contribution >= 0.6 is 0 Å². The molecular formula is C14H24N2O2. The van der Waals surface area contributed by atoms with E-state index < -0.39 is 0 Å². The molecular weight excluding hydrogens is 228 g/mol. The summed E-state index contributed by atoms with van der Waals surface area (Å²) in [4.78, 5) is 13.9. The third kappa shape index (κ3) is 5.02. The highest BCUT2D eigenvalue weighted by molar-refractivity contribution is 5.88. The van der Waals surface area contributed by atoms with Gasteiger partial charge >= 0.3 is 0 Å². The Bertz CT molecular complexity index is 324. The summed E-state index contributed by atoms with van der Waals surface area (Å²) < 4.78 is 5.25. The van der Waals surface area contributed by atoms with Crippen molar-refractivity contribution in [3.05, 3.63) is 24.3 Å². The molecule has 0 aromatic rings. The quantitative estimate of drug-likeness (QED) is 0.573. The first kappa shape index (κ1) is 14.9. The number of hydrogen-bond acceptors (Lipinski definition) is 3. The van der Waals surface area contributed by atoms with Crippen LogP contribution in [0.4, 0.5) is 0 Å². The first-order valence-corrected chi connectivity index (χ1v) is 6.35. The number of methoxy groups -OCH3 is 1. The number of carbonyl (C=O) groups is 1. The van der Waals surface area contributed by atoms with Gasteiger partial charge in [0.2, 0.25) is 5.91 Å². The summed E-state index contributed by atoms with van der Waals surface area (Å²) in [5.41, 5.74) is -0.233. The van der Waals surface area contributed by atoms with Gasteiger partial charge < -0.3 is 15.0 Å². The second kappa shape index (κ2) is 7.34. The lowest BCUT2D eigenvalue weighted by Crippen LogP contribution is -2.51. The van der Waals surface area contributed by atoms with Crippen molar-refractivity contribution >= 4 is 5.91 Å². The van der Waals surface area contributed by atoms with Crippen molar-refractivity contribution in [2.45, 2.75) is 24.8 Å². The van der Waals surface area contributed by atoms with E-state index in [1.165, 1.54) is 0 Å². The molecule has 0 spiro atoms. The van der Waals surface area contributed by atoms with Crippen LogP contribution in [0.15, 0.2) is 24.3 Å². The molecule has 0 aliphatic heterocycles. The minimum Gasteiger partial charge on any atom is -0.382 e. The summed E-state index contributed by atoms with van der Waals surface area (Å²) in [5, 5.41) is 3.09. The van der Waals surface area contributed by atoms with E-state index in [1.54, 1.807) is 13.2 Å². The Hall–Kier alpha value is -1.13. The standard InChI is InChI=1S/C14H24N2O2/c1-16(2)11-7-8-13(17)15-14(12-18-3)9-5-4-6-10-14/h4-5,7-8H,6,9-12H2,1-3H3,(H,15,17)/b8-7+. The number of hydrogen-bond donors (Lipinski definition) is 1. The number of allylic oxidation sites excluding steroid dienone is 1. The number of nitrogens with one attached hydrogen (secondary N) is 1. The van der Waals surface area contributed by atoms with Crippen LogP contribution in [0.2, 0.25) is 0 Å². The fourth-order valence-corrected chi connectivity index (χ4v) is 2.12. The third-order valence-corrected chi connectivity index (χ3v) is 3.01. The number of ether oxygens (including phenoxy) is 1. The Balaban J connectivity index is 2.53. The van der Waals surface area contributed by atoms with Crippen LogP contribution in [-0.2, 0) is 9.53 Å². The van der Waals surface area contributed by atoms with Crippen molar-refractivity contribution in [3.8, 4) is 0 Å². The number of likely N-dealkylation sites (N-methyl/N-ethyl adjacent to an activating group) is 1. The summed E-state index contributed by atoms with van der Waals surface area (Å²) in [6, 6.07) is 0. The molecule has 1 unspecified atom stereocenters. The normalized spacial score (nSPS) is 23.8. The van der Waals surface area contributed by atoms with Crippen molar-refractivity contribution in [2.24, 2.45) is 0 Å². The molecule has 18 heavy (non-hydrogen) atoms. The van der Waals surface area contributed by atoms with Gasteiger partial charge in [0, 0.05) is 19.7 Å². The van der Waals surface area contributed by atoms with Gasteiger partial charge in [-0.2, -0.15) is 0 Å². The van der Waals surface area contributed by atoms with Crippen LogP contribution in [0.3, 0.4) is 0 Å². The minimum atomic E-state index is -0.233. The van der Waals surface area contributed by atoms with E-state index in [9.17, 15) is 4.79 Å². The maximum Gasteiger partial charge on any atom is 0.244 e. The van der Waals surface area contributed by atoms with Gasteiger partial charge in [0.05, 0.1) is 12.1 Å². The van der Waals surface area contributed by atoms with E-state index in [0.717, 1.165) is 25.8 Å². The SMILES string of the molecule is COCC1(NC(=O)/C=C/CN(C)C)CC=CCC1. The van der Waals surface area contributed by atoms with E-state index >= 15 is 0 Å². The highest BCUT2D eigenvalue weighted by Gasteiger charge is 2.31. The topological polar surface area (TPSA) is 41.6 Å². The molecule has 0 aromatic heterocycles. The Kier molecular flexibility index (Phi) is 6.09. The molecule has 0 heterocycles. The Morgan fingerprint density at radius 3 is 2.83 bits per heavy atom. The highest BCUT2D eigenvalue weighted by Crippen LogP contribution is 2.23. The predicted octanol–water partition coefficient (Wildman–Crippen LogP) is 1.35. The lowest BCUT2D eigenvalue weighted by atomic mass is 9.86. The van der Waals surface area contributed by atoms with E-state index in [2.05, 4.69) is 17.5 Å². The molecule has 1 aliphatic rings. The smallest absolute Gasteiger partial charge is 0.244 e. The zero-order chi connectivity index (χ0) is 13.4. The van der Waals surface area contributed by atoms with Crippen molar-refractivity contribution in [1.29, 1.82) is 0 Å². The zero-order valence-corrected chi connectivity index (χ0v) is 11.6. The predicted molar refractivity (Wildman–Crippen MR) is 73.4 cm³/mol. The van der Waals surface area contributed by atoms with Crippen LogP contribution in [-0.4, -0.2) is 50.7 Å². The molecule has 0 fully saturated rings. The molecule has 0 bridgehead atoms. The third-order valence-electron chi connectivity index (χ3n) is 3.01. The van der Waals surface area contributed by atoms with Gasteiger partial charge in [-0.25, -0.2) is 0 Å². The fraction of sp³-hybridized carbons (Fsp3) is 0.643. The van der Waals surface area contributed by atoms with Crippen molar-refractivity contribution in [1.82, 2.24) is 10.2 Å². The monoisotopic (exact) mass is 252 g/mol. The number of nitrogens with zero attached hydrogens (tertiary/aromatic N) is 1. The first-order chi connectivity index (χ1) is 8.58. The summed E-state index contributed by atoms with van der Waals surface area (Å²) in [6.07, 6.45) is 10.5. The molecule has 102 valence electrons. The second-order valence-electron chi connectivity index (χ2n) is 5.08. The summed E-state index contributed by atoms with van der Waals surface area (Å²) in [5.74, 6) is -0.0378. The van der Waals surface area contributed by atoms with Crippen LogP contribution in [0.5, 0.6) is 0 Å². The number of amides is 1. The van der Waals surface area contributed by atoms with Gasteiger partial charge in [-0.15, -0.1) is 0 Å². The summed E-state index contributed by atoms with van der Waals surface area (Å²) in [7, 11) is 5.62. The highest BCUT2D eigenvalue weighted by atomic mass is 16.5. The molecule has 0 saturated heterocycles. The number of rotatable bonds is 6. The van der Waals surface area contributed by atoms with E-state index in [0.29, 0.717) is 6.61 Å². The van der Waals surface area contributed by atoms with Gasteiger partial charge in [-0.1, -0.05) is 18.2 Å². The first-order valence-electron chi connectivity index (χ1n) is 6.35. The Labute approximate surface area is 110 Å². The van der Waals surface area contributed by atoms with Crippen LogP contribution in [0.1, 0.15) is 19.3 Å². The van der Waals surface area contributed by atoms with Crippen LogP contribution < -0.4 is 5.32 Å². The average molecular weight is 252 g/mol. The van der Waals surface area contributed by atoms with E-state index in [1.807, 2.05) is 25.1 Å². The van der Waals surface area contributed by atoms with Gasteiger partial charge in [0.15, 0.2) is 0 Å². The minimum absolute atomic E-state index is 0.0378. The Morgan fingerprint density at radius 2 is 2.28 bits per heavy atom. The van der Waals surface area contributed by atoms with Crippen molar-refractivity contribution in [2.75, 3.05) is 34.4 Å². The van der Waals surface area contributed by atoms with Gasteiger partial charge in [0.25, 0.3) is 0 Å². The van der Waals surface area contributed by atoms with Crippen LogP contribution in [0.25, 0.3) is 0 Å². The molecule has 4 nitrogen and oxygen atoms in total. The van der Waals surface area contributed by atoms with Gasteiger partial charge in [-0.05, 0) is 33.4 Å². The molecule has 0 aromatic carbocycles. The van der Waals surface area contributed by atoms with Gasteiger partial charge in [-0.3, -0.25) is 4.79 Å². The summed E-state index contributed by atoms with van der Waals surface area (Å²) >= 11 is 0. The van der Waals surface area contributed by atoms with Crippen molar-refractivity contribution < 1.29 is 9.53 Å². The van der Waals surface area contributed by atoms with Gasteiger partial charge in [0.1, 0.15) is 0 Å². The molecule has 4 heteroatoms. The van der Waals surface area contributed by atoms with Crippen molar-refractivity contribution in [3.63, 3.8) is 0 Å². The molecule has 1 N–H and O–H groups in total. The lowest BCUT2D eigenvalue weighted by molar-refractivity contribution is -0.119. The zero-order valence-electron chi connectivity index (χ0n) is 11.6. The molecule has 1 atom stereocenters. The average Bonchev–Trinajstić information content (AvgIpc) is 2.29. The second-order valence-corrected chi connectivity index (χ2v) is 5.08. The van der Waals surface area contributed by atoms with E-state index in [4.69, 9.17) is 4.74 Å². The van der Waals surface area contributed by atoms with Crippen LogP contribution in [0, 0.1) is 0 Å². The molecule has 0 saturated carbocycles. The molecule has 1 rings (SSSR count). The number of carbonyl (C=O) groups excluding carboxylic acids is 1. The molecule has 1 amide bonds. The maximum absolute atomic E-state index is 11.9. The fourth-order valence-electron chi connectivity index (χ4n) is 2.12. The summed E-state index contributed by atoms with van der Waals surface area (Å²) in [6.45, 7) is 1.33. The largest absolute Gasteiger partial charge is 0.382 e. The lowest BCUT2D eigenvalue weighted by Gasteiger charge is -2.34. The maximum atomic E-state index is 11.9.